The number of hydrogen-bond donors (Lipinski definition) is 2. The van der Waals surface area contributed by atoms with Gasteiger partial charge in [0, 0.05) is 5.56 Å². The Bertz CT molecular complexity index is 1210. The second-order valence-electron chi connectivity index (χ2n) is 6.59. The summed E-state index contributed by atoms with van der Waals surface area (Å²) in [6.07, 6.45) is 1.49. The van der Waals surface area contributed by atoms with Gasteiger partial charge in [-0.15, -0.1) is 0 Å². The van der Waals surface area contributed by atoms with Crippen LogP contribution in [0.3, 0.4) is 0 Å². The molecule has 1 heterocycles. The summed E-state index contributed by atoms with van der Waals surface area (Å²) in [5.74, 6) is -0.604. The molecule has 0 aliphatic rings. The molecule has 6 nitrogen and oxygen atoms in total. The van der Waals surface area contributed by atoms with Crippen LogP contribution < -0.4 is 0 Å². The maximum Gasteiger partial charge on any atom is 0.336 e. The molecule has 0 radical (unpaired) electrons. The molecule has 7 heteroatoms. The monoisotopic (exact) mass is 414 g/mol. The average Bonchev–Trinajstić information content (AvgIpc) is 3.14. The number of carbonyl (C=O) groups is 1. The minimum absolute atomic E-state index is 0.167. The molecule has 0 bridgehead atoms. The van der Waals surface area contributed by atoms with Gasteiger partial charge in [0.2, 0.25) is 4.77 Å². The minimum atomic E-state index is -1.01. The molecule has 1 aromatic heterocycles. The summed E-state index contributed by atoms with van der Waals surface area (Å²) >= 11 is 5.41. The van der Waals surface area contributed by atoms with Gasteiger partial charge >= 0.3 is 5.97 Å². The molecule has 0 aliphatic carbocycles. The van der Waals surface area contributed by atoms with Crippen molar-refractivity contribution in [3.05, 3.63) is 118 Å². The van der Waals surface area contributed by atoms with Crippen LogP contribution in [0.25, 0.3) is 0 Å². The molecule has 0 fully saturated rings. The smallest absolute Gasteiger partial charge is 0.336 e. The third kappa shape index (κ3) is 3.97. The average molecular weight is 414 g/mol. The Hall–Kier alpha value is -3.84. The van der Waals surface area contributed by atoms with E-state index < -0.39 is 5.97 Å². The number of H-pyrrole nitrogens is 1. The van der Waals surface area contributed by atoms with Crippen LogP contribution in [0.4, 0.5) is 0 Å². The van der Waals surface area contributed by atoms with E-state index in [9.17, 15) is 9.90 Å². The van der Waals surface area contributed by atoms with Gasteiger partial charge < -0.3 is 5.11 Å². The first-order valence-corrected chi connectivity index (χ1v) is 9.70. The zero-order chi connectivity index (χ0) is 20.9. The van der Waals surface area contributed by atoms with Crippen molar-refractivity contribution < 1.29 is 9.90 Å². The van der Waals surface area contributed by atoms with Crippen molar-refractivity contribution in [2.24, 2.45) is 5.10 Å². The largest absolute Gasteiger partial charge is 0.478 e. The number of hydrogen-bond acceptors (Lipinski definition) is 4. The van der Waals surface area contributed by atoms with Gasteiger partial charge in [-0.25, -0.2) is 4.79 Å². The summed E-state index contributed by atoms with van der Waals surface area (Å²) < 4.78 is 1.87. The van der Waals surface area contributed by atoms with Gasteiger partial charge in [0.25, 0.3) is 0 Å². The molecule has 0 spiro atoms. The number of carboxylic acids is 1. The number of rotatable bonds is 6. The van der Waals surface area contributed by atoms with Crippen LogP contribution in [-0.4, -0.2) is 32.2 Å². The fraction of sp³-hybridized carbons (Fsp3) is 0.0435. The van der Waals surface area contributed by atoms with E-state index in [-0.39, 0.29) is 11.5 Å². The fourth-order valence-corrected chi connectivity index (χ4v) is 3.49. The minimum Gasteiger partial charge on any atom is -0.478 e. The maximum atomic E-state index is 11.5. The lowest BCUT2D eigenvalue weighted by Gasteiger charge is -2.17. The third-order valence-electron chi connectivity index (χ3n) is 4.70. The molecule has 148 valence electrons. The van der Waals surface area contributed by atoms with Crippen molar-refractivity contribution in [3.8, 4) is 0 Å². The van der Waals surface area contributed by atoms with E-state index in [2.05, 4.69) is 15.3 Å². The highest BCUT2D eigenvalue weighted by Crippen LogP contribution is 2.30. The van der Waals surface area contributed by atoms with Crippen LogP contribution in [0.2, 0.25) is 0 Å². The van der Waals surface area contributed by atoms with Crippen LogP contribution in [0.15, 0.2) is 90.0 Å². The Kier molecular flexibility index (Phi) is 5.63. The number of aromatic amines is 1. The maximum absolute atomic E-state index is 11.5. The molecule has 30 heavy (non-hydrogen) atoms. The fourth-order valence-electron chi connectivity index (χ4n) is 3.31. The molecule has 2 N–H and O–H groups in total. The first-order chi connectivity index (χ1) is 14.6. The van der Waals surface area contributed by atoms with E-state index in [1.54, 1.807) is 22.9 Å². The summed E-state index contributed by atoms with van der Waals surface area (Å²) in [5.41, 5.74) is 2.73. The topological polar surface area (TPSA) is 83.3 Å². The van der Waals surface area contributed by atoms with E-state index in [4.69, 9.17) is 12.2 Å². The van der Waals surface area contributed by atoms with Crippen molar-refractivity contribution in [1.82, 2.24) is 14.9 Å². The number of carboxylic acid groups (broad SMARTS) is 1. The summed E-state index contributed by atoms with van der Waals surface area (Å²) in [4.78, 5) is 11.5. The van der Waals surface area contributed by atoms with Gasteiger partial charge in [-0.3, -0.25) is 5.10 Å². The molecule has 0 aliphatic heterocycles. The first kappa shape index (κ1) is 19.5. The van der Waals surface area contributed by atoms with Crippen LogP contribution in [0.5, 0.6) is 0 Å². The Morgan fingerprint density at radius 1 is 0.967 bits per heavy atom. The van der Waals surface area contributed by atoms with E-state index in [1.165, 1.54) is 12.3 Å². The van der Waals surface area contributed by atoms with Crippen LogP contribution in [-0.2, 0) is 0 Å². The van der Waals surface area contributed by atoms with E-state index in [0.29, 0.717) is 16.2 Å². The molecule has 0 amide bonds. The van der Waals surface area contributed by atoms with Gasteiger partial charge in [0.15, 0.2) is 5.82 Å². The Morgan fingerprint density at radius 2 is 1.53 bits per heavy atom. The van der Waals surface area contributed by atoms with E-state index in [1.807, 2.05) is 60.7 Å². The molecular weight excluding hydrogens is 396 g/mol. The second-order valence-corrected chi connectivity index (χ2v) is 6.98. The molecule has 3 aromatic carbocycles. The molecule has 0 saturated carbocycles. The molecule has 0 unspecified atom stereocenters. The van der Waals surface area contributed by atoms with Gasteiger partial charge in [0.05, 0.1) is 17.7 Å². The van der Waals surface area contributed by atoms with Gasteiger partial charge in [-0.2, -0.15) is 14.9 Å². The van der Waals surface area contributed by atoms with Crippen molar-refractivity contribution in [3.63, 3.8) is 0 Å². The van der Waals surface area contributed by atoms with Crippen LogP contribution in [0.1, 0.15) is 38.8 Å². The lowest BCUT2D eigenvalue weighted by Crippen LogP contribution is -2.10. The predicted octanol–water partition coefficient (Wildman–Crippen LogP) is 4.70. The SMILES string of the molecule is O=C(O)c1ccccc1/C=N/n1c(C(c2ccccc2)c2ccccc2)n[nH]c1=S. The van der Waals surface area contributed by atoms with Crippen LogP contribution in [0, 0.1) is 4.77 Å². The molecule has 0 atom stereocenters. The number of benzene rings is 3. The normalized spacial score (nSPS) is 11.2. The van der Waals surface area contributed by atoms with Gasteiger partial charge in [0.1, 0.15) is 0 Å². The van der Waals surface area contributed by atoms with Crippen molar-refractivity contribution in [2.45, 2.75) is 5.92 Å². The molecule has 0 saturated heterocycles. The summed E-state index contributed by atoms with van der Waals surface area (Å²) in [6, 6.07) is 26.6. The van der Waals surface area contributed by atoms with Crippen molar-refractivity contribution in [1.29, 1.82) is 0 Å². The van der Waals surface area contributed by atoms with Crippen molar-refractivity contribution in [2.75, 3.05) is 0 Å². The lowest BCUT2D eigenvalue weighted by molar-refractivity contribution is 0.0696. The Morgan fingerprint density at radius 3 is 2.13 bits per heavy atom. The van der Waals surface area contributed by atoms with E-state index in [0.717, 1.165) is 11.1 Å². The Balaban J connectivity index is 1.83. The van der Waals surface area contributed by atoms with E-state index >= 15 is 0 Å². The standard InChI is InChI=1S/C23H18N4O2S/c28-22(29)19-14-8-7-13-18(19)15-24-27-21(25-26-23(27)30)20(16-9-3-1-4-10-16)17-11-5-2-6-12-17/h1-15,20H,(H,26,30)(H,28,29)/b24-15+. The quantitative estimate of drug-likeness (QED) is 0.354. The van der Waals surface area contributed by atoms with Crippen molar-refractivity contribution >= 4 is 24.4 Å². The highest BCUT2D eigenvalue weighted by atomic mass is 32.1. The highest BCUT2D eigenvalue weighted by Gasteiger charge is 2.22. The molecular formula is C23H18N4O2S. The summed E-state index contributed by atoms with van der Waals surface area (Å²) in [6.45, 7) is 0. The van der Waals surface area contributed by atoms with Gasteiger partial charge in [-0.1, -0.05) is 78.9 Å². The third-order valence-corrected chi connectivity index (χ3v) is 4.97. The molecule has 4 aromatic rings. The van der Waals surface area contributed by atoms with Gasteiger partial charge in [-0.05, 0) is 29.4 Å². The molecule has 4 rings (SSSR count). The van der Waals surface area contributed by atoms with Crippen LogP contribution >= 0.6 is 12.2 Å². The zero-order valence-corrected chi connectivity index (χ0v) is 16.7. The Labute approximate surface area is 178 Å². The predicted molar refractivity (Wildman–Crippen MR) is 118 cm³/mol. The summed E-state index contributed by atoms with van der Waals surface area (Å²) in [7, 11) is 0. The number of aromatic carboxylic acids is 1. The highest BCUT2D eigenvalue weighted by molar-refractivity contribution is 7.71. The number of nitrogens with zero attached hydrogens (tertiary/aromatic N) is 3. The first-order valence-electron chi connectivity index (χ1n) is 9.29. The zero-order valence-electron chi connectivity index (χ0n) is 15.8. The second kappa shape index (κ2) is 8.67. The number of aromatic nitrogens is 3. The number of nitrogens with one attached hydrogen (secondary N) is 1. The lowest BCUT2D eigenvalue weighted by atomic mass is 9.91. The summed E-state index contributed by atoms with van der Waals surface area (Å²) in [5, 5.41) is 21.2.